The van der Waals surface area contributed by atoms with Crippen LogP contribution < -0.4 is 0 Å². The second-order valence-electron chi connectivity index (χ2n) is 4.60. The number of hydrogen-bond acceptors (Lipinski definition) is 2. The Bertz CT molecular complexity index is 722. The maximum Gasteiger partial charge on any atom is 0.328 e. The van der Waals surface area contributed by atoms with Gasteiger partial charge in [0.25, 0.3) is 0 Å². The molecule has 0 aromatic heterocycles. The third-order valence-corrected chi connectivity index (χ3v) is 3.28. The number of nitriles is 1. The quantitative estimate of drug-likeness (QED) is 0.862. The topological polar surface area (TPSA) is 61.1 Å². The summed E-state index contributed by atoms with van der Waals surface area (Å²) in [4.78, 5) is 10.5. The van der Waals surface area contributed by atoms with Crippen molar-refractivity contribution in [2.45, 2.75) is 13.3 Å². The highest BCUT2D eigenvalue weighted by Crippen LogP contribution is 2.26. The fraction of sp³-hybridized carbons (Fsp3) is 0.111. The van der Waals surface area contributed by atoms with E-state index in [1.54, 1.807) is 6.08 Å². The van der Waals surface area contributed by atoms with Crippen molar-refractivity contribution in [2.75, 3.05) is 0 Å². The Kier molecular flexibility index (Phi) is 4.53. The molecule has 0 aliphatic heterocycles. The molecule has 3 nitrogen and oxygen atoms in total. The van der Waals surface area contributed by atoms with Crippen LogP contribution in [0.4, 0.5) is 0 Å². The van der Waals surface area contributed by atoms with E-state index in [2.05, 4.69) is 6.07 Å². The van der Waals surface area contributed by atoms with Crippen molar-refractivity contribution in [3.8, 4) is 17.2 Å². The van der Waals surface area contributed by atoms with Crippen molar-refractivity contribution in [1.29, 1.82) is 5.26 Å². The molecular weight excluding hydrogens is 262 g/mol. The van der Waals surface area contributed by atoms with Crippen molar-refractivity contribution >= 4 is 12.0 Å². The summed E-state index contributed by atoms with van der Waals surface area (Å²) in [6, 6.07) is 15.6. The monoisotopic (exact) mass is 277 g/mol. The second kappa shape index (κ2) is 6.53. The Morgan fingerprint density at radius 3 is 2.52 bits per heavy atom. The number of carboxylic acids is 1. The number of aryl methyl sites for hydroxylation is 1. The van der Waals surface area contributed by atoms with Gasteiger partial charge < -0.3 is 5.11 Å². The van der Waals surface area contributed by atoms with Crippen LogP contribution in [0, 0.1) is 11.3 Å². The third-order valence-electron chi connectivity index (χ3n) is 3.28. The van der Waals surface area contributed by atoms with E-state index in [9.17, 15) is 10.1 Å². The van der Waals surface area contributed by atoms with Crippen molar-refractivity contribution in [3.63, 3.8) is 0 Å². The lowest BCUT2D eigenvalue weighted by molar-refractivity contribution is -0.131. The van der Waals surface area contributed by atoms with Crippen molar-refractivity contribution in [1.82, 2.24) is 0 Å². The van der Waals surface area contributed by atoms with Gasteiger partial charge in [-0.2, -0.15) is 5.26 Å². The van der Waals surface area contributed by atoms with Gasteiger partial charge in [-0.3, -0.25) is 0 Å². The summed E-state index contributed by atoms with van der Waals surface area (Å²) in [5, 5.41) is 18.0. The number of carboxylic acid groups (broad SMARTS) is 1. The third kappa shape index (κ3) is 3.37. The first-order chi connectivity index (χ1) is 10.2. The van der Waals surface area contributed by atoms with E-state index in [0.717, 1.165) is 34.8 Å². The Hall–Kier alpha value is -2.86. The first-order valence-corrected chi connectivity index (χ1v) is 6.69. The van der Waals surface area contributed by atoms with Gasteiger partial charge in [0.2, 0.25) is 0 Å². The Balaban J connectivity index is 2.40. The van der Waals surface area contributed by atoms with Crippen LogP contribution in [0.15, 0.2) is 48.5 Å². The molecule has 0 atom stereocenters. The van der Waals surface area contributed by atoms with Crippen LogP contribution in [-0.4, -0.2) is 11.1 Å². The molecule has 104 valence electrons. The number of benzene rings is 2. The number of rotatable bonds is 4. The van der Waals surface area contributed by atoms with Crippen LogP contribution in [0.5, 0.6) is 0 Å². The molecule has 0 unspecified atom stereocenters. The van der Waals surface area contributed by atoms with Gasteiger partial charge in [0.05, 0.1) is 5.56 Å². The summed E-state index contributed by atoms with van der Waals surface area (Å²) >= 11 is 0. The molecule has 0 amide bonds. The second-order valence-corrected chi connectivity index (χ2v) is 4.60. The van der Waals surface area contributed by atoms with Crippen molar-refractivity contribution in [2.24, 2.45) is 0 Å². The van der Waals surface area contributed by atoms with Crippen LogP contribution in [0.2, 0.25) is 0 Å². The lowest BCUT2D eigenvalue weighted by Gasteiger charge is -2.08. The molecule has 0 fully saturated rings. The predicted molar refractivity (Wildman–Crippen MR) is 82.6 cm³/mol. The Morgan fingerprint density at radius 1 is 1.24 bits per heavy atom. The minimum absolute atomic E-state index is 0.703. The summed E-state index contributed by atoms with van der Waals surface area (Å²) < 4.78 is 0. The predicted octanol–water partition coefficient (Wildman–Crippen LogP) is 3.89. The first kappa shape index (κ1) is 14.5. The van der Waals surface area contributed by atoms with Gasteiger partial charge in [0.1, 0.15) is 6.07 Å². The van der Waals surface area contributed by atoms with Crippen LogP contribution >= 0.6 is 0 Å². The zero-order chi connectivity index (χ0) is 15.2. The fourth-order valence-electron chi connectivity index (χ4n) is 2.21. The van der Waals surface area contributed by atoms with E-state index >= 15 is 0 Å². The molecule has 0 aliphatic carbocycles. The molecule has 1 N–H and O–H groups in total. The summed E-state index contributed by atoms with van der Waals surface area (Å²) in [6.07, 6.45) is 3.46. The van der Waals surface area contributed by atoms with E-state index in [1.165, 1.54) is 0 Å². The smallest absolute Gasteiger partial charge is 0.328 e. The molecule has 3 heteroatoms. The molecule has 2 aromatic rings. The van der Waals surface area contributed by atoms with Crippen molar-refractivity contribution < 1.29 is 9.90 Å². The highest BCUT2D eigenvalue weighted by molar-refractivity contribution is 5.85. The molecule has 0 heterocycles. The minimum Gasteiger partial charge on any atom is -0.478 e. The van der Waals surface area contributed by atoms with Gasteiger partial charge in [0.15, 0.2) is 0 Å². The standard InChI is InChI=1S/C18H15NO2/c1-2-14-4-3-5-16(17(14)12-19)15-9-6-13(7-10-15)8-11-18(20)21/h3-11H,2H2,1H3,(H,20,21). The Morgan fingerprint density at radius 2 is 1.95 bits per heavy atom. The van der Waals surface area contributed by atoms with Gasteiger partial charge in [-0.25, -0.2) is 4.79 Å². The van der Waals surface area contributed by atoms with Gasteiger partial charge in [-0.15, -0.1) is 0 Å². The maximum atomic E-state index is 10.5. The van der Waals surface area contributed by atoms with E-state index in [-0.39, 0.29) is 0 Å². The lowest BCUT2D eigenvalue weighted by atomic mass is 9.94. The summed E-state index contributed by atoms with van der Waals surface area (Å²) in [5.74, 6) is -0.971. The largest absolute Gasteiger partial charge is 0.478 e. The molecule has 0 spiro atoms. The fourth-order valence-corrected chi connectivity index (χ4v) is 2.21. The van der Waals surface area contributed by atoms with Crippen LogP contribution in [0.1, 0.15) is 23.6 Å². The van der Waals surface area contributed by atoms with E-state index in [4.69, 9.17) is 5.11 Å². The maximum absolute atomic E-state index is 10.5. The number of nitrogens with zero attached hydrogens (tertiary/aromatic N) is 1. The number of carbonyl (C=O) groups is 1. The normalized spacial score (nSPS) is 10.5. The lowest BCUT2D eigenvalue weighted by Crippen LogP contribution is -1.92. The molecule has 2 aromatic carbocycles. The summed E-state index contributed by atoms with van der Waals surface area (Å²) in [6.45, 7) is 2.03. The van der Waals surface area contributed by atoms with Gasteiger partial charge >= 0.3 is 5.97 Å². The van der Waals surface area contributed by atoms with Gasteiger partial charge in [0, 0.05) is 6.08 Å². The zero-order valence-electron chi connectivity index (χ0n) is 11.7. The molecule has 0 saturated heterocycles. The van der Waals surface area contributed by atoms with Gasteiger partial charge in [-0.1, -0.05) is 49.4 Å². The SMILES string of the molecule is CCc1cccc(-c2ccc(C=CC(=O)O)cc2)c1C#N. The van der Waals surface area contributed by atoms with E-state index in [1.807, 2.05) is 49.4 Å². The Labute approximate surface area is 123 Å². The molecule has 0 saturated carbocycles. The summed E-state index contributed by atoms with van der Waals surface area (Å²) in [5.41, 5.74) is 4.41. The average molecular weight is 277 g/mol. The minimum atomic E-state index is -0.971. The van der Waals surface area contributed by atoms with Crippen LogP contribution in [-0.2, 0) is 11.2 Å². The molecule has 0 aliphatic rings. The number of hydrogen-bond donors (Lipinski definition) is 1. The molecule has 0 bridgehead atoms. The van der Waals surface area contributed by atoms with Crippen LogP contribution in [0.25, 0.3) is 17.2 Å². The molecule has 0 radical (unpaired) electrons. The molecule has 21 heavy (non-hydrogen) atoms. The highest BCUT2D eigenvalue weighted by atomic mass is 16.4. The summed E-state index contributed by atoms with van der Waals surface area (Å²) in [7, 11) is 0. The van der Waals surface area contributed by atoms with E-state index < -0.39 is 5.97 Å². The van der Waals surface area contributed by atoms with Gasteiger partial charge in [-0.05, 0) is 34.8 Å². The number of aliphatic carboxylic acids is 1. The van der Waals surface area contributed by atoms with Crippen molar-refractivity contribution in [3.05, 3.63) is 65.2 Å². The van der Waals surface area contributed by atoms with E-state index in [0.29, 0.717) is 5.56 Å². The molecular formula is C18H15NO2. The van der Waals surface area contributed by atoms with Crippen LogP contribution in [0.3, 0.4) is 0 Å². The first-order valence-electron chi connectivity index (χ1n) is 6.69. The molecule has 2 rings (SSSR count). The zero-order valence-corrected chi connectivity index (χ0v) is 11.7. The highest BCUT2D eigenvalue weighted by Gasteiger charge is 2.08. The average Bonchev–Trinajstić information content (AvgIpc) is 2.52.